The highest BCUT2D eigenvalue weighted by Gasteiger charge is 2.01. The second-order valence-corrected chi connectivity index (χ2v) is 5.38. The Kier molecular flexibility index (Phi) is 6.96. The largest absolute Gasteiger partial charge is 0.316 e. The summed E-state index contributed by atoms with van der Waals surface area (Å²) in [6.07, 6.45) is 3.46. The monoisotopic (exact) mass is 245 g/mol. The van der Waals surface area contributed by atoms with Gasteiger partial charge in [0.05, 0.1) is 0 Å². The molecule has 0 spiro atoms. The fourth-order valence-electron chi connectivity index (χ4n) is 1.08. The van der Waals surface area contributed by atoms with Gasteiger partial charge in [0.2, 0.25) is 0 Å². The third-order valence-electron chi connectivity index (χ3n) is 1.98. The molecule has 1 aromatic rings. The van der Waals surface area contributed by atoms with Gasteiger partial charge in [-0.2, -0.15) is 4.37 Å². The summed E-state index contributed by atoms with van der Waals surface area (Å²) < 4.78 is 5.35. The maximum atomic E-state index is 4.41. The zero-order valence-electron chi connectivity index (χ0n) is 9.45. The molecular weight excluding hydrogens is 226 g/mol. The lowest BCUT2D eigenvalue weighted by atomic mass is 10.3. The van der Waals surface area contributed by atoms with Crippen LogP contribution in [-0.4, -0.2) is 28.2 Å². The lowest BCUT2D eigenvalue weighted by Crippen LogP contribution is -2.18. The smallest absolute Gasteiger partial charge is 0.170 e. The lowest BCUT2D eigenvalue weighted by Gasteiger charge is -2.01. The van der Waals surface area contributed by atoms with Crippen LogP contribution < -0.4 is 5.32 Å². The minimum absolute atomic E-state index is 0.936. The van der Waals surface area contributed by atoms with Crippen molar-refractivity contribution in [1.82, 2.24) is 14.7 Å². The van der Waals surface area contributed by atoms with Crippen LogP contribution in [0.2, 0.25) is 0 Å². The minimum Gasteiger partial charge on any atom is -0.316 e. The summed E-state index contributed by atoms with van der Waals surface area (Å²) in [5, 5.41) is 3.41. The zero-order valence-corrected chi connectivity index (χ0v) is 11.1. The van der Waals surface area contributed by atoms with Crippen molar-refractivity contribution in [3.05, 3.63) is 5.82 Å². The predicted octanol–water partition coefficient (Wildman–Crippen LogP) is 2.58. The van der Waals surface area contributed by atoms with Crippen LogP contribution in [0.4, 0.5) is 0 Å². The third-order valence-corrected chi connectivity index (χ3v) is 3.85. The fourth-order valence-corrected chi connectivity index (χ4v) is 2.74. The lowest BCUT2D eigenvalue weighted by molar-refractivity contribution is 0.666. The highest BCUT2D eigenvalue weighted by molar-refractivity contribution is 8.00. The third kappa shape index (κ3) is 5.49. The van der Waals surface area contributed by atoms with E-state index in [-0.39, 0.29) is 0 Å². The van der Waals surface area contributed by atoms with E-state index in [0.717, 1.165) is 35.4 Å². The van der Waals surface area contributed by atoms with Crippen molar-refractivity contribution < 1.29 is 0 Å². The molecule has 1 rings (SSSR count). The minimum atomic E-state index is 0.936. The van der Waals surface area contributed by atoms with Crippen LogP contribution in [0, 0.1) is 0 Å². The van der Waals surface area contributed by atoms with E-state index in [9.17, 15) is 0 Å². The number of unbranched alkanes of at least 4 members (excludes halogenated alkanes) is 1. The molecule has 0 fully saturated rings. The molecule has 0 unspecified atom stereocenters. The molecular formula is C10H19N3S2. The van der Waals surface area contributed by atoms with Gasteiger partial charge < -0.3 is 5.32 Å². The first-order valence-corrected chi connectivity index (χ1v) is 7.28. The van der Waals surface area contributed by atoms with Gasteiger partial charge in [-0.3, -0.25) is 0 Å². The second kappa shape index (κ2) is 8.07. The summed E-state index contributed by atoms with van der Waals surface area (Å²) in [5.74, 6) is 2.06. The number of thioether (sulfide) groups is 1. The van der Waals surface area contributed by atoms with Gasteiger partial charge >= 0.3 is 0 Å². The molecule has 3 nitrogen and oxygen atoms in total. The van der Waals surface area contributed by atoms with Crippen molar-refractivity contribution in [3.8, 4) is 0 Å². The van der Waals surface area contributed by atoms with E-state index in [1.165, 1.54) is 24.4 Å². The van der Waals surface area contributed by atoms with E-state index in [4.69, 9.17) is 0 Å². The van der Waals surface area contributed by atoms with Crippen molar-refractivity contribution in [1.29, 1.82) is 0 Å². The van der Waals surface area contributed by atoms with Crippen molar-refractivity contribution in [2.45, 2.75) is 37.4 Å². The first kappa shape index (κ1) is 12.9. The van der Waals surface area contributed by atoms with Crippen LogP contribution in [0.15, 0.2) is 4.34 Å². The zero-order chi connectivity index (χ0) is 10.9. The molecule has 0 atom stereocenters. The number of hydrogen-bond donors (Lipinski definition) is 1. The number of nitrogens with zero attached hydrogens (tertiary/aromatic N) is 2. The van der Waals surface area contributed by atoms with Gasteiger partial charge in [0, 0.05) is 18.7 Å². The Hall–Kier alpha value is -0.130. The Bertz CT molecular complexity index is 263. The fraction of sp³-hybridized carbons (Fsp3) is 0.800. The predicted molar refractivity (Wildman–Crippen MR) is 67.8 cm³/mol. The quantitative estimate of drug-likeness (QED) is 0.564. The van der Waals surface area contributed by atoms with E-state index in [2.05, 4.69) is 28.5 Å². The molecule has 0 aliphatic carbocycles. The normalized spacial score (nSPS) is 10.8. The first-order valence-electron chi connectivity index (χ1n) is 5.53. The van der Waals surface area contributed by atoms with E-state index in [1.807, 2.05) is 0 Å². The van der Waals surface area contributed by atoms with Gasteiger partial charge in [0.15, 0.2) is 4.34 Å². The highest BCUT2D eigenvalue weighted by atomic mass is 32.2. The topological polar surface area (TPSA) is 37.8 Å². The van der Waals surface area contributed by atoms with Crippen molar-refractivity contribution in [2.24, 2.45) is 0 Å². The van der Waals surface area contributed by atoms with Gasteiger partial charge in [0.1, 0.15) is 5.82 Å². The SMILES string of the molecule is CCCCNCCSc1nc(CC)ns1. The van der Waals surface area contributed by atoms with E-state index < -0.39 is 0 Å². The summed E-state index contributed by atoms with van der Waals surface area (Å²) >= 11 is 3.31. The molecule has 0 bridgehead atoms. The van der Waals surface area contributed by atoms with Crippen LogP contribution in [0.1, 0.15) is 32.5 Å². The van der Waals surface area contributed by atoms with Gasteiger partial charge in [-0.1, -0.05) is 32.0 Å². The molecule has 0 amide bonds. The molecule has 15 heavy (non-hydrogen) atoms. The molecule has 86 valence electrons. The number of aromatic nitrogens is 2. The molecule has 1 N–H and O–H groups in total. The molecule has 0 aliphatic heterocycles. The molecule has 0 radical (unpaired) electrons. The Balaban J connectivity index is 2.04. The molecule has 5 heteroatoms. The standard InChI is InChI=1S/C10H19N3S2/c1-3-5-6-11-7-8-14-10-12-9(4-2)13-15-10/h11H,3-8H2,1-2H3. The van der Waals surface area contributed by atoms with Crippen LogP contribution in [-0.2, 0) is 6.42 Å². The summed E-state index contributed by atoms with van der Waals surface area (Å²) in [6, 6.07) is 0. The maximum Gasteiger partial charge on any atom is 0.170 e. The van der Waals surface area contributed by atoms with Crippen LogP contribution in [0.5, 0.6) is 0 Å². The molecule has 0 aromatic carbocycles. The summed E-state index contributed by atoms with van der Waals surface area (Å²) in [7, 11) is 0. The maximum absolute atomic E-state index is 4.41. The van der Waals surface area contributed by atoms with E-state index in [0.29, 0.717) is 0 Å². The molecule has 1 aromatic heterocycles. The van der Waals surface area contributed by atoms with E-state index in [1.54, 1.807) is 11.8 Å². The summed E-state index contributed by atoms with van der Waals surface area (Å²) in [5.41, 5.74) is 0. The molecule has 0 saturated heterocycles. The average molecular weight is 245 g/mol. The van der Waals surface area contributed by atoms with E-state index >= 15 is 0 Å². The Morgan fingerprint density at radius 1 is 1.33 bits per heavy atom. The van der Waals surface area contributed by atoms with Gasteiger partial charge in [-0.25, -0.2) is 4.98 Å². The van der Waals surface area contributed by atoms with Gasteiger partial charge in [0.25, 0.3) is 0 Å². The number of hydrogen-bond acceptors (Lipinski definition) is 5. The van der Waals surface area contributed by atoms with Gasteiger partial charge in [-0.05, 0) is 24.5 Å². The highest BCUT2D eigenvalue weighted by Crippen LogP contribution is 2.19. The van der Waals surface area contributed by atoms with Crippen LogP contribution >= 0.6 is 23.3 Å². The molecule has 0 saturated carbocycles. The van der Waals surface area contributed by atoms with Crippen molar-refractivity contribution in [2.75, 3.05) is 18.8 Å². The Morgan fingerprint density at radius 2 is 2.20 bits per heavy atom. The summed E-state index contributed by atoms with van der Waals surface area (Å²) in [4.78, 5) is 4.41. The number of aryl methyl sites for hydroxylation is 1. The number of rotatable bonds is 8. The first-order chi connectivity index (χ1) is 7.36. The Morgan fingerprint density at radius 3 is 2.87 bits per heavy atom. The Labute approximate surface area is 100 Å². The summed E-state index contributed by atoms with van der Waals surface area (Å²) in [6.45, 7) is 6.49. The average Bonchev–Trinajstić information content (AvgIpc) is 2.71. The molecule has 0 aliphatic rings. The van der Waals surface area contributed by atoms with Crippen LogP contribution in [0.25, 0.3) is 0 Å². The van der Waals surface area contributed by atoms with Crippen molar-refractivity contribution in [3.63, 3.8) is 0 Å². The second-order valence-electron chi connectivity index (χ2n) is 3.28. The van der Waals surface area contributed by atoms with Crippen molar-refractivity contribution >= 4 is 23.3 Å². The molecule has 1 heterocycles. The number of nitrogens with one attached hydrogen (secondary N) is 1. The van der Waals surface area contributed by atoms with Crippen LogP contribution in [0.3, 0.4) is 0 Å². The van der Waals surface area contributed by atoms with Gasteiger partial charge in [-0.15, -0.1) is 0 Å².